The van der Waals surface area contributed by atoms with Crippen molar-refractivity contribution in [3.8, 4) is 0 Å². The van der Waals surface area contributed by atoms with Gasteiger partial charge in [0.2, 0.25) is 0 Å². The molecular formula is C36H39NO10. The molecule has 1 atom stereocenters. The van der Waals surface area contributed by atoms with E-state index in [1.807, 2.05) is 48.5 Å². The van der Waals surface area contributed by atoms with Crippen molar-refractivity contribution in [3.05, 3.63) is 102 Å². The van der Waals surface area contributed by atoms with E-state index >= 15 is 0 Å². The Morgan fingerprint density at radius 3 is 2.17 bits per heavy atom. The highest BCUT2D eigenvalue weighted by molar-refractivity contribution is 6.16. The normalized spacial score (nSPS) is 13.5. The van der Waals surface area contributed by atoms with Crippen LogP contribution in [0, 0.1) is 0 Å². The predicted octanol–water partition coefficient (Wildman–Crippen LogP) is 6.14. The fraction of sp³-hybridized carbons (Fsp3) is 0.250. The number of unbranched alkanes of at least 4 members (excludes halogenated alkanes) is 1. The van der Waals surface area contributed by atoms with E-state index < -0.39 is 23.9 Å². The number of carbonyl (C=O) groups is 4. The number of carboxylic acids is 3. The molecule has 3 aromatic rings. The van der Waals surface area contributed by atoms with Crippen LogP contribution in [0.2, 0.25) is 0 Å². The number of carbonyl (C=O) groups excluding carboxylic acids is 1. The van der Waals surface area contributed by atoms with Gasteiger partial charge in [0.25, 0.3) is 0 Å². The molecule has 248 valence electrons. The predicted molar refractivity (Wildman–Crippen MR) is 180 cm³/mol. The lowest BCUT2D eigenvalue weighted by molar-refractivity contribution is -0.138. The van der Waals surface area contributed by atoms with Gasteiger partial charge in [0, 0.05) is 41.4 Å². The third-order valence-corrected chi connectivity index (χ3v) is 6.82. The van der Waals surface area contributed by atoms with Crippen molar-refractivity contribution in [1.82, 2.24) is 0 Å². The second-order valence-corrected chi connectivity index (χ2v) is 10.3. The third kappa shape index (κ3) is 12.5. The minimum absolute atomic E-state index is 0.0393. The molecule has 0 radical (unpaired) electrons. The molecule has 1 fully saturated rings. The Morgan fingerprint density at radius 1 is 0.957 bits per heavy atom. The minimum Gasteiger partial charge on any atom is -0.478 e. The number of aliphatic hydroxyl groups excluding tert-OH is 1. The van der Waals surface area contributed by atoms with E-state index in [4.69, 9.17) is 24.9 Å². The van der Waals surface area contributed by atoms with Crippen LogP contribution in [0.3, 0.4) is 0 Å². The molecule has 0 aliphatic carbocycles. The van der Waals surface area contributed by atoms with Gasteiger partial charge in [-0.2, -0.15) is 0 Å². The summed E-state index contributed by atoms with van der Waals surface area (Å²) in [7, 11) is 0. The Bertz CT molecular complexity index is 1700. The number of nitrogens with zero attached hydrogens (tertiary/aromatic N) is 1. The zero-order valence-electron chi connectivity index (χ0n) is 26.2. The number of hydrogen-bond acceptors (Lipinski definition) is 8. The van der Waals surface area contributed by atoms with Gasteiger partial charge >= 0.3 is 23.9 Å². The lowest BCUT2D eigenvalue weighted by Gasteiger charge is -2.11. The molecule has 11 heteroatoms. The molecule has 4 rings (SSSR count). The maximum Gasteiger partial charge on any atom is 0.357 e. The summed E-state index contributed by atoms with van der Waals surface area (Å²) in [5.74, 6) is -3.48. The van der Waals surface area contributed by atoms with Crippen molar-refractivity contribution < 1.29 is 49.2 Å². The molecule has 1 saturated heterocycles. The summed E-state index contributed by atoms with van der Waals surface area (Å²) in [6.07, 6.45) is 6.83. The number of ether oxygens (including phenoxy) is 1. The first-order valence-corrected chi connectivity index (χ1v) is 14.7. The highest BCUT2D eigenvalue weighted by Gasteiger charge is 2.26. The topological polar surface area (TPSA) is 183 Å². The third-order valence-electron chi connectivity index (χ3n) is 6.82. The molecular weight excluding hydrogens is 606 g/mol. The van der Waals surface area contributed by atoms with Crippen LogP contribution in [0.4, 0.5) is 0 Å². The number of hydrogen-bond donors (Lipinski definition) is 4. The van der Waals surface area contributed by atoms with Crippen LogP contribution >= 0.6 is 0 Å². The maximum atomic E-state index is 11.8. The number of epoxide rings is 1. The summed E-state index contributed by atoms with van der Waals surface area (Å²) in [5.41, 5.74) is 2.24. The lowest BCUT2D eigenvalue weighted by Crippen LogP contribution is -2.04. The number of aliphatic carboxylic acids is 3. The molecule has 1 heterocycles. The van der Waals surface area contributed by atoms with E-state index in [-0.39, 0.29) is 29.4 Å². The van der Waals surface area contributed by atoms with E-state index in [0.717, 1.165) is 38.7 Å². The maximum absolute atomic E-state index is 11.8. The summed E-state index contributed by atoms with van der Waals surface area (Å²) < 4.78 is 5.20. The molecule has 1 aliphatic heterocycles. The first kappa shape index (κ1) is 37.8. The number of fused-ring (bicyclic) bond motifs is 2. The van der Waals surface area contributed by atoms with Crippen LogP contribution in [0.15, 0.2) is 96.2 Å². The van der Waals surface area contributed by atoms with Gasteiger partial charge in [-0.25, -0.2) is 19.2 Å². The zero-order chi connectivity index (χ0) is 34.9. The van der Waals surface area contributed by atoms with E-state index in [9.17, 15) is 24.3 Å². The molecule has 1 aliphatic rings. The second kappa shape index (κ2) is 19.2. The second-order valence-electron chi connectivity index (χ2n) is 10.3. The summed E-state index contributed by atoms with van der Waals surface area (Å²) >= 11 is 0. The Morgan fingerprint density at radius 2 is 1.62 bits per heavy atom. The van der Waals surface area contributed by atoms with Crippen LogP contribution in [0.1, 0.15) is 50.2 Å². The van der Waals surface area contributed by atoms with E-state index in [1.165, 1.54) is 6.21 Å². The SMILES string of the molecule is C=C(CC)C(=O)O.C=C(CCCCO)C(=O)O.C=CC(=O)ON=Cc1c2ccccc2cc2cccc(C=C(CC3CO3)C(=O)O)c12. The van der Waals surface area contributed by atoms with Crippen molar-refractivity contribution in [2.45, 2.75) is 45.1 Å². The Balaban J connectivity index is 0.000000374. The highest BCUT2D eigenvalue weighted by atomic mass is 16.7. The first-order valence-electron chi connectivity index (χ1n) is 14.7. The van der Waals surface area contributed by atoms with Crippen molar-refractivity contribution in [3.63, 3.8) is 0 Å². The number of carboxylic acid groups (broad SMARTS) is 3. The van der Waals surface area contributed by atoms with Crippen LogP contribution < -0.4 is 0 Å². The van der Waals surface area contributed by atoms with Crippen molar-refractivity contribution in [2.75, 3.05) is 13.2 Å². The van der Waals surface area contributed by atoms with E-state index in [1.54, 1.807) is 13.0 Å². The van der Waals surface area contributed by atoms with Crippen LogP contribution in [0.25, 0.3) is 27.6 Å². The molecule has 0 aromatic heterocycles. The van der Waals surface area contributed by atoms with Crippen molar-refractivity contribution in [1.29, 1.82) is 0 Å². The van der Waals surface area contributed by atoms with Gasteiger partial charge in [-0.15, -0.1) is 0 Å². The largest absolute Gasteiger partial charge is 0.478 e. The van der Waals surface area contributed by atoms with Crippen molar-refractivity contribution >= 4 is 57.7 Å². The van der Waals surface area contributed by atoms with Crippen molar-refractivity contribution in [2.24, 2.45) is 5.16 Å². The van der Waals surface area contributed by atoms with Gasteiger partial charge in [0.15, 0.2) is 0 Å². The average Bonchev–Trinajstić information content (AvgIpc) is 3.88. The standard InChI is InChI=1S/C24H19NO5.C7H12O3.C5H8O2/c1-2-22(26)30-25-13-21-20-9-4-3-6-15(20)10-16-7-5-8-17(23(16)21)11-18(24(27)28)12-19-14-29-19;1-6(7(9)10)4-2-3-5-8;1-3-4(2)5(6)7/h2-11,13,19H,1,12,14H2,(H,27,28);8H,1-5H2,(H,9,10);2-3H2,1H3,(H,6,7). The Labute approximate surface area is 272 Å². The number of rotatable bonds is 14. The molecule has 0 bridgehead atoms. The van der Waals surface area contributed by atoms with Gasteiger partial charge in [-0.1, -0.05) is 74.3 Å². The molecule has 47 heavy (non-hydrogen) atoms. The quantitative estimate of drug-likeness (QED) is 0.0302. The van der Waals surface area contributed by atoms with Crippen LogP contribution in [-0.4, -0.2) is 69.8 Å². The van der Waals surface area contributed by atoms with Gasteiger partial charge < -0.3 is 30.0 Å². The van der Waals surface area contributed by atoms with Gasteiger partial charge in [-0.05, 0) is 64.9 Å². The fourth-order valence-electron chi connectivity index (χ4n) is 4.15. The average molecular weight is 646 g/mol. The summed E-state index contributed by atoms with van der Waals surface area (Å²) in [6.45, 7) is 12.4. The van der Waals surface area contributed by atoms with E-state index in [2.05, 4.69) is 24.9 Å². The number of benzene rings is 3. The van der Waals surface area contributed by atoms with Crippen LogP contribution in [0.5, 0.6) is 0 Å². The Hall–Kier alpha value is -5.39. The molecule has 11 nitrogen and oxygen atoms in total. The smallest absolute Gasteiger partial charge is 0.357 e. The monoisotopic (exact) mass is 645 g/mol. The minimum atomic E-state index is -0.974. The summed E-state index contributed by atoms with van der Waals surface area (Å²) in [6, 6.07) is 15.5. The fourth-order valence-corrected chi connectivity index (χ4v) is 4.15. The number of oxime groups is 1. The molecule has 1 unspecified atom stereocenters. The molecule has 0 saturated carbocycles. The van der Waals surface area contributed by atoms with Gasteiger partial charge in [0.1, 0.15) is 0 Å². The van der Waals surface area contributed by atoms with Gasteiger partial charge in [0.05, 0.1) is 18.9 Å². The molecule has 4 N–H and O–H groups in total. The first-order chi connectivity index (χ1) is 22.4. The molecule has 0 spiro atoms. The number of aliphatic hydroxyl groups is 1. The van der Waals surface area contributed by atoms with Gasteiger partial charge in [-0.3, -0.25) is 0 Å². The van der Waals surface area contributed by atoms with Crippen LogP contribution in [-0.2, 0) is 28.8 Å². The highest BCUT2D eigenvalue weighted by Crippen LogP contribution is 2.32. The zero-order valence-corrected chi connectivity index (χ0v) is 26.2. The molecule has 3 aromatic carbocycles. The Kier molecular flexibility index (Phi) is 15.4. The summed E-state index contributed by atoms with van der Waals surface area (Å²) in [4.78, 5) is 47.9. The summed E-state index contributed by atoms with van der Waals surface area (Å²) in [5, 5.41) is 41.9. The lowest BCUT2D eigenvalue weighted by atomic mass is 9.93. The molecule has 0 amide bonds. The van der Waals surface area contributed by atoms with E-state index in [0.29, 0.717) is 38.7 Å².